The van der Waals surface area contributed by atoms with Crippen LogP contribution in [-0.2, 0) is 10.0 Å². The fraction of sp³-hybridized carbons (Fsp3) is 0.538. The first-order valence-electron chi connectivity index (χ1n) is 6.08. The second-order valence-corrected chi connectivity index (χ2v) is 6.75. The fourth-order valence-electron chi connectivity index (χ4n) is 1.89. The second kappa shape index (κ2) is 5.61. The maximum Gasteiger partial charge on any atom is 0.235 e. The lowest BCUT2D eigenvalue weighted by molar-refractivity contribution is 0.475. The van der Waals surface area contributed by atoms with Crippen molar-refractivity contribution in [3.05, 3.63) is 23.8 Å². The van der Waals surface area contributed by atoms with Gasteiger partial charge in [-0.3, -0.25) is 4.31 Å². The molecule has 18 heavy (non-hydrogen) atoms. The van der Waals surface area contributed by atoms with Crippen LogP contribution in [0.5, 0.6) is 5.75 Å². The smallest absolute Gasteiger partial charge is 0.235 e. The molecule has 0 spiro atoms. The van der Waals surface area contributed by atoms with E-state index in [2.05, 4.69) is 0 Å². The molecule has 0 aliphatic carbocycles. The van der Waals surface area contributed by atoms with Crippen LogP contribution in [0.4, 0.5) is 5.69 Å². The number of aryl methyl sites for hydroxylation is 1. The van der Waals surface area contributed by atoms with Gasteiger partial charge >= 0.3 is 0 Å². The van der Waals surface area contributed by atoms with Gasteiger partial charge in [-0.05, 0) is 31.4 Å². The van der Waals surface area contributed by atoms with Gasteiger partial charge in [0, 0.05) is 12.6 Å². The molecule has 0 aromatic heterocycles. The van der Waals surface area contributed by atoms with E-state index in [0.29, 0.717) is 12.2 Å². The van der Waals surface area contributed by atoms with Crippen LogP contribution in [-0.4, -0.2) is 25.8 Å². The lowest BCUT2D eigenvalue weighted by atomic mass is 10.2. The highest BCUT2D eigenvalue weighted by molar-refractivity contribution is 7.92. The molecule has 0 fully saturated rings. The minimum absolute atomic E-state index is 0.0710. The van der Waals surface area contributed by atoms with Gasteiger partial charge in [0.2, 0.25) is 10.0 Å². The van der Waals surface area contributed by atoms with Gasteiger partial charge in [-0.2, -0.15) is 0 Å². The van der Waals surface area contributed by atoms with Gasteiger partial charge in [-0.15, -0.1) is 0 Å². The number of phenolic OH excluding ortho intramolecular Hbond substituents is 1. The summed E-state index contributed by atoms with van der Waals surface area (Å²) in [4.78, 5) is 0. The first-order valence-corrected chi connectivity index (χ1v) is 7.69. The summed E-state index contributed by atoms with van der Waals surface area (Å²) >= 11 is 0. The van der Waals surface area contributed by atoms with Gasteiger partial charge in [-0.25, -0.2) is 8.42 Å². The monoisotopic (exact) mass is 271 g/mol. The number of phenols is 1. The first kappa shape index (κ1) is 14.8. The van der Waals surface area contributed by atoms with Crippen LogP contribution < -0.4 is 4.31 Å². The number of hydrogen-bond acceptors (Lipinski definition) is 3. The minimum Gasteiger partial charge on any atom is -0.508 e. The largest absolute Gasteiger partial charge is 0.508 e. The summed E-state index contributed by atoms with van der Waals surface area (Å²) in [5.41, 5.74) is 1.39. The van der Waals surface area contributed by atoms with Crippen LogP contribution >= 0.6 is 0 Å². The molecule has 0 amide bonds. The molecule has 0 radical (unpaired) electrons. The van der Waals surface area contributed by atoms with Crippen LogP contribution in [0, 0.1) is 12.8 Å². The topological polar surface area (TPSA) is 57.6 Å². The Morgan fingerprint density at radius 1 is 1.33 bits per heavy atom. The van der Waals surface area contributed by atoms with E-state index in [0.717, 1.165) is 5.56 Å². The molecule has 1 aromatic rings. The number of benzene rings is 1. The maximum atomic E-state index is 12.3. The standard InChI is InChI=1S/C13H21NO3S/c1-5-14(18(16,17)9-10(2)3)13-8-12(15)7-6-11(13)4/h6-8,10,15H,5,9H2,1-4H3. The average molecular weight is 271 g/mol. The molecular weight excluding hydrogens is 250 g/mol. The number of anilines is 1. The molecule has 0 heterocycles. The molecule has 1 N–H and O–H groups in total. The van der Waals surface area contributed by atoms with Gasteiger partial charge in [0.1, 0.15) is 5.75 Å². The summed E-state index contributed by atoms with van der Waals surface area (Å²) in [5.74, 6) is 0.256. The Kier molecular flexibility index (Phi) is 4.62. The van der Waals surface area contributed by atoms with E-state index in [1.165, 1.54) is 10.4 Å². The van der Waals surface area contributed by atoms with E-state index < -0.39 is 10.0 Å². The van der Waals surface area contributed by atoms with E-state index in [-0.39, 0.29) is 17.4 Å². The zero-order valence-corrected chi connectivity index (χ0v) is 12.2. The summed E-state index contributed by atoms with van der Waals surface area (Å²) in [7, 11) is -3.34. The normalized spacial score (nSPS) is 11.8. The van der Waals surface area contributed by atoms with E-state index in [9.17, 15) is 13.5 Å². The molecule has 4 nitrogen and oxygen atoms in total. The predicted octanol–water partition coefficient (Wildman–Crippen LogP) is 2.51. The predicted molar refractivity (Wildman–Crippen MR) is 74.5 cm³/mol. The molecule has 1 aromatic carbocycles. The number of hydrogen-bond donors (Lipinski definition) is 1. The number of nitrogens with zero attached hydrogens (tertiary/aromatic N) is 1. The second-order valence-electron chi connectivity index (χ2n) is 4.81. The highest BCUT2D eigenvalue weighted by Gasteiger charge is 2.23. The summed E-state index contributed by atoms with van der Waals surface area (Å²) in [6, 6.07) is 4.77. The molecule has 0 bridgehead atoms. The third-order valence-corrected chi connectivity index (χ3v) is 4.84. The lowest BCUT2D eigenvalue weighted by Crippen LogP contribution is -2.34. The van der Waals surface area contributed by atoms with Crippen molar-refractivity contribution in [2.45, 2.75) is 27.7 Å². The number of sulfonamides is 1. The summed E-state index contributed by atoms with van der Waals surface area (Å²) in [6.45, 7) is 7.74. The van der Waals surface area contributed by atoms with Crippen molar-refractivity contribution in [2.75, 3.05) is 16.6 Å². The van der Waals surface area contributed by atoms with E-state index in [1.807, 2.05) is 20.8 Å². The maximum absolute atomic E-state index is 12.3. The highest BCUT2D eigenvalue weighted by Crippen LogP contribution is 2.27. The molecule has 0 saturated carbocycles. The van der Waals surface area contributed by atoms with Crippen molar-refractivity contribution < 1.29 is 13.5 Å². The summed E-state index contributed by atoms with van der Waals surface area (Å²) in [5, 5.41) is 9.51. The van der Waals surface area contributed by atoms with E-state index in [4.69, 9.17) is 0 Å². The van der Waals surface area contributed by atoms with Gasteiger partial charge in [0.25, 0.3) is 0 Å². The van der Waals surface area contributed by atoms with Crippen molar-refractivity contribution in [3.63, 3.8) is 0 Å². The number of rotatable bonds is 5. The molecule has 102 valence electrons. The van der Waals surface area contributed by atoms with E-state index >= 15 is 0 Å². The summed E-state index contributed by atoms with van der Waals surface area (Å²) < 4.78 is 25.9. The van der Waals surface area contributed by atoms with Crippen molar-refractivity contribution in [1.82, 2.24) is 0 Å². The van der Waals surface area contributed by atoms with Crippen LogP contribution in [0.15, 0.2) is 18.2 Å². The van der Waals surface area contributed by atoms with Crippen molar-refractivity contribution in [1.29, 1.82) is 0 Å². The quantitative estimate of drug-likeness (QED) is 0.895. The SMILES string of the molecule is CCN(c1cc(O)ccc1C)S(=O)(=O)CC(C)C. The van der Waals surface area contributed by atoms with Crippen molar-refractivity contribution in [3.8, 4) is 5.75 Å². The van der Waals surface area contributed by atoms with Gasteiger partial charge in [0.05, 0.1) is 11.4 Å². The Morgan fingerprint density at radius 2 is 1.94 bits per heavy atom. The molecule has 0 saturated heterocycles. The van der Waals surface area contributed by atoms with Crippen LogP contribution in [0.3, 0.4) is 0 Å². The Hall–Kier alpha value is -1.23. The zero-order valence-electron chi connectivity index (χ0n) is 11.3. The minimum atomic E-state index is -3.34. The zero-order chi connectivity index (χ0) is 13.9. The fourth-order valence-corrected chi connectivity index (χ4v) is 3.81. The molecule has 5 heteroatoms. The van der Waals surface area contributed by atoms with Crippen LogP contribution in [0.25, 0.3) is 0 Å². The Labute approximate surface area is 109 Å². The van der Waals surface area contributed by atoms with Crippen molar-refractivity contribution in [2.24, 2.45) is 5.92 Å². The third kappa shape index (κ3) is 3.38. The van der Waals surface area contributed by atoms with Crippen LogP contribution in [0.1, 0.15) is 26.3 Å². The van der Waals surface area contributed by atoms with Crippen molar-refractivity contribution >= 4 is 15.7 Å². The molecular formula is C13H21NO3S. The highest BCUT2D eigenvalue weighted by atomic mass is 32.2. The van der Waals surface area contributed by atoms with E-state index in [1.54, 1.807) is 19.1 Å². The van der Waals surface area contributed by atoms with Crippen LogP contribution in [0.2, 0.25) is 0 Å². The molecule has 0 atom stereocenters. The molecule has 0 aliphatic heterocycles. The molecule has 1 rings (SSSR count). The third-order valence-electron chi connectivity index (χ3n) is 2.63. The Bertz CT molecular complexity index is 509. The van der Waals surface area contributed by atoms with Gasteiger partial charge < -0.3 is 5.11 Å². The Balaban J connectivity index is 3.21. The first-order chi connectivity index (χ1) is 8.27. The van der Waals surface area contributed by atoms with Gasteiger partial charge in [0.15, 0.2) is 0 Å². The lowest BCUT2D eigenvalue weighted by Gasteiger charge is -2.25. The molecule has 0 unspecified atom stereocenters. The Morgan fingerprint density at radius 3 is 2.44 bits per heavy atom. The molecule has 0 aliphatic rings. The average Bonchev–Trinajstić information content (AvgIpc) is 2.21. The number of aromatic hydroxyl groups is 1. The summed E-state index contributed by atoms with van der Waals surface area (Å²) in [6.07, 6.45) is 0. The van der Waals surface area contributed by atoms with Gasteiger partial charge in [-0.1, -0.05) is 19.9 Å².